The Balaban J connectivity index is 1.98. The molecule has 4 nitrogen and oxygen atoms in total. The number of nitrogens with one attached hydrogen (secondary N) is 1. The van der Waals surface area contributed by atoms with Gasteiger partial charge in [-0.2, -0.15) is 0 Å². The highest BCUT2D eigenvalue weighted by Crippen LogP contribution is 2.36. The van der Waals surface area contributed by atoms with E-state index in [2.05, 4.69) is 5.32 Å². The number of piperazine rings is 1. The van der Waals surface area contributed by atoms with E-state index >= 15 is 0 Å². The van der Waals surface area contributed by atoms with Crippen molar-refractivity contribution in [1.29, 1.82) is 0 Å². The minimum Gasteiger partial charge on any atom is -0.342 e. The van der Waals surface area contributed by atoms with Crippen LogP contribution in [0.4, 0.5) is 5.69 Å². The molecule has 0 spiro atoms. The molecule has 0 radical (unpaired) electrons. The van der Waals surface area contributed by atoms with Crippen LogP contribution in [0.25, 0.3) is 0 Å². The molecular weight excluding hydrogens is 252 g/mol. The van der Waals surface area contributed by atoms with Crippen molar-refractivity contribution in [3.8, 4) is 0 Å². The Morgan fingerprint density at radius 3 is 2.65 bits per heavy atom. The summed E-state index contributed by atoms with van der Waals surface area (Å²) in [5.74, 6) is 0.353. The number of hydrogen-bond donors (Lipinski definition) is 1. The van der Waals surface area contributed by atoms with Gasteiger partial charge >= 0.3 is 0 Å². The number of carbonyl (C=O) groups excluding carboxylic acids is 2. The topological polar surface area (TPSA) is 49.4 Å². The van der Waals surface area contributed by atoms with Gasteiger partial charge < -0.3 is 5.32 Å². The van der Waals surface area contributed by atoms with Gasteiger partial charge in [0.05, 0.1) is 0 Å². The molecular formula is C16H20N2O2. The van der Waals surface area contributed by atoms with Crippen LogP contribution in [0.3, 0.4) is 0 Å². The molecule has 2 atom stereocenters. The quantitative estimate of drug-likeness (QED) is 0.915. The molecule has 20 heavy (non-hydrogen) atoms. The van der Waals surface area contributed by atoms with Crippen LogP contribution in [0.1, 0.15) is 31.7 Å². The third kappa shape index (κ3) is 2.19. The normalized spacial score (nSPS) is 26.6. The minimum absolute atomic E-state index is 0.0227. The lowest BCUT2D eigenvalue weighted by atomic mass is 10.0. The third-order valence-corrected chi connectivity index (χ3v) is 4.18. The number of anilines is 1. The van der Waals surface area contributed by atoms with Crippen LogP contribution >= 0.6 is 0 Å². The molecule has 3 rings (SSSR count). The van der Waals surface area contributed by atoms with Crippen LogP contribution in [0.2, 0.25) is 0 Å². The van der Waals surface area contributed by atoms with Crippen molar-refractivity contribution in [2.75, 3.05) is 4.90 Å². The van der Waals surface area contributed by atoms with Crippen LogP contribution in [0, 0.1) is 12.8 Å². The lowest BCUT2D eigenvalue weighted by Crippen LogP contribution is -2.64. The maximum atomic E-state index is 12.7. The van der Waals surface area contributed by atoms with Gasteiger partial charge in [-0.05, 0) is 49.8 Å². The average molecular weight is 272 g/mol. The van der Waals surface area contributed by atoms with Crippen LogP contribution in [0.15, 0.2) is 24.3 Å². The van der Waals surface area contributed by atoms with Crippen molar-refractivity contribution in [2.45, 2.75) is 45.2 Å². The Hall–Kier alpha value is -1.84. The zero-order valence-corrected chi connectivity index (χ0v) is 11.9. The third-order valence-electron chi connectivity index (χ3n) is 4.18. The van der Waals surface area contributed by atoms with Crippen LogP contribution in [-0.2, 0) is 9.59 Å². The Kier molecular flexibility index (Phi) is 3.24. The lowest BCUT2D eigenvalue weighted by Gasteiger charge is -2.39. The van der Waals surface area contributed by atoms with E-state index in [0.717, 1.165) is 24.1 Å². The van der Waals surface area contributed by atoms with Gasteiger partial charge in [0.1, 0.15) is 12.1 Å². The zero-order valence-electron chi connectivity index (χ0n) is 11.9. The highest BCUT2D eigenvalue weighted by molar-refractivity contribution is 6.08. The molecule has 4 heteroatoms. The van der Waals surface area contributed by atoms with E-state index < -0.39 is 0 Å². The molecule has 2 fully saturated rings. The highest BCUT2D eigenvalue weighted by Gasteiger charge is 2.46. The first kappa shape index (κ1) is 13.2. The van der Waals surface area contributed by atoms with Gasteiger partial charge in [0, 0.05) is 5.69 Å². The fraction of sp³-hybridized carbons (Fsp3) is 0.500. The number of aryl methyl sites for hydroxylation is 1. The number of hydrogen-bond acceptors (Lipinski definition) is 2. The number of rotatable bonds is 3. The Morgan fingerprint density at radius 2 is 2.05 bits per heavy atom. The molecule has 1 saturated carbocycles. The van der Waals surface area contributed by atoms with Gasteiger partial charge in [-0.1, -0.05) is 19.1 Å². The Labute approximate surface area is 119 Å². The summed E-state index contributed by atoms with van der Waals surface area (Å²) in [4.78, 5) is 26.7. The summed E-state index contributed by atoms with van der Waals surface area (Å²) in [7, 11) is 0. The molecule has 1 saturated heterocycles. The van der Waals surface area contributed by atoms with Crippen LogP contribution in [-0.4, -0.2) is 23.9 Å². The molecule has 2 unspecified atom stereocenters. The molecule has 1 aromatic rings. The van der Waals surface area contributed by atoms with Crippen molar-refractivity contribution in [1.82, 2.24) is 5.32 Å². The van der Waals surface area contributed by atoms with Crippen molar-refractivity contribution < 1.29 is 9.59 Å². The lowest BCUT2D eigenvalue weighted by molar-refractivity contribution is -0.134. The van der Waals surface area contributed by atoms with E-state index in [1.807, 2.05) is 38.1 Å². The molecule has 2 amide bonds. The Bertz CT molecular complexity index is 551. The van der Waals surface area contributed by atoms with Crippen molar-refractivity contribution in [2.24, 2.45) is 5.92 Å². The SMILES string of the molecule is CCC1C(=O)NC(C2CC2)C(=O)N1c1cccc(C)c1. The summed E-state index contributed by atoms with van der Waals surface area (Å²) in [6.45, 7) is 3.94. The van der Waals surface area contributed by atoms with Gasteiger partial charge in [-0.3, -0.25) is 14.5 Å². The summed E-state index contributed by atoms with van der Waals surface area (Å²) in [5, 5.41) is 2.91. The van der Waals surface area contributed by atoms with E-state index in [-0.39, 0.29) is 23.9 Å². The predicted octanol–water partition coefficient (Wildman–Crippen LogP) is 2.02. The first-order valence-corrected chi connectivity index (χ1v) is 7.32. The van der Waals surface area contributed by atoms with Gasteiger partial charge in [-0.15, -0.1) is 0 Å². The second-order valence-corrected chi connectivity index (χ2v) is 5.79. The molecule has 106 valence electrons. The van der Waals surface area contributed by atoms with Gasteiger partial charge in [0.15, 0.2) is 0 Å². The summed E-state index contributed by atoms with van der Waals surface area (Å²) >= 11 is 0. The zero-order chi connectivity index (χ0) is 14.3. The fourth-order valence-corrected chi connectivity index (χ4v) is 2.93. The summed E-state index contributed by atoms with van der Waals surface area (Å²) in [6, 6.07) is 7.10. The molecule has 1 aliphatic heterocycles. The first-order valence-electron chi connectivity index (χ1n) is 7.32. The second kappa shape index (κ2) is 4.93. The first-order chi connectivity index (χ1) is 9.61. The number of amides is 2. The number of carbonyl (C=O) groups is 2. The fourth-order valence-electron chi connectivity index (χ4n) is 2.93. The summed E-state index contributed by atoms with van der Waals surface area (Å²) < 4.78 is 0. The average Bonchev–Trinajstić information content (AvgIpc) is 3.24. The summed E-state index contributed by atoms with van der Waals surface area (Å²) in [5.41, 5.74) is 1.93. The molecule has 1 heterocycles. The van der Waals surface area contributed by atoms with E-state index in [4.69, 9.17) is 0 Å². The maximum absolute atomic E-state index is 12.7. The van der Waals surface area contributed by atoms with Gasteiger partial charge in [0.25, 0.3) is 5.91 Å². The number of nitrogens with zero attached hydrogens (tertiary/aromatic N) is 1. The molecule has 1 N–H and O–H groups in total. The predicted molar refractivity (Wildman–Crippen MR) is 77.4 cm³/mol. The Morgan fingerprint density at radius 1 is 1.30 bits per heavy atom. The molecule has 0 bridgehead atoms. The minimum atomic E-state index is -0.390. The second-order valence-electron chi connectivity index (χ2n) is 5.79. The van der Waals surface area contributed by atoms with E-state index in [1.54, 1.807) is 4.90 Å². The van der Waals surface area contributed by atoms with Gasteiger partial charge in [-0.25, -0.2) is 0 Å². The number of benzene rings is 1. The van der Waals surface area contributed by atoms with Crippen molar-refractivity contribution in [3.63, 3.8) is 0 Å². The standard InChI is InChI=1S/C16H20N2O2/c1-3-13-15(19)17-14(11-7-8-11)16(20)18(13)12-6-4-5-10(2)9-12/h4-6,9,11,13-14H,3,7-8H2,1-2H3,(H,17,19). The largest absolute Gasteiger partial charge is 0.342 e. The van der Waals surface area contributed by atoms with E-state index in [1.165, 1.54) is 0 Å². The summed E-state index contributed by atoms with van der Waals surface area (Å²) in [6.07, 6.45) is 2.70. The monoisotopic (exact) mass is 272 g/mol. The maximum Gasteiger partial charge on any atom is 0.250 e. The molecule has 1 aromatic carbocycles. The van der Waals surface area contributed by atoms with Crippen LogP contribution in [0.5, 0.6) is 0 Å². The van der Waals surface area contributed by atoms with E-state index in [9.17, 15) is 9.59 Å². The smallest absolute Gasteiger partial charge is 0.250 e. The van der Waals surface area contributed by atoms with Crippen molar-refractivity contribution >= 4 is 17.5 Å². The van der Waals surface area contributed by atoms with E-state index in [0.29, 0.717) is 12.3 Å². The highest BCUT2D eigenvalue weighted by atomic mass is 16.2. The van der Waals surface area contributed by atoms with Crippen molar-refractivity contribution in [3.05, 3.63) is 29.8 Å². The molecule has 0 aromatic heterocycles. The van der Waals surface area contributed by atoms with Crippen LogP contribution < -0.4 is 10.2 Å². The molecule has 1 aliphatic carbocycles. The van der Waals surface area contributed by atoms with Gasteiger partial charge in [0.2, 0.25) is 5.91 Å². The molecule has 2 aliphatic rings.